The number of rotatable bonds is 6. The van der Waals surface area contributed by atoms with Crippen LogP contribution < -0.4 is 11.1 Å². The number of hydrogen-bond acceptors (Lipinski definition) is 5. The van der Waals surface area contributed by atoms with Crippen LogP contribution in [0.25, 0.3) is 0 Å². The minimum atomic E-state index is -3.15. The molecule has 1 fully saturated rings. The molecule has 7 nitrogen and oxygen atoms in total. The van der Waals surface area contributed by atoms with Crippen molar-refractivity contribution in [3.8, 4) is 0 Å². The second kappa shape index (κ2) is 7.74. The molecule has 0 aromatic rings. The van der Waals surface area contributed by atoms with Gasteiger partial charge in [0.2, 0.25) is 11.8 Å². The molecule has 8 heteroatoms. The van der Waals surface area contributed by atoms with E-state index < -0.39 is 27.8 Å². The Kier molecular flexibility index (Phi) is 6.60. The van der Waals surface area contributed by atoms with E-state index in [4.69, 9.17) is 5.73 Å². The van der Waals surface area contributed by atoms with Gasteiger partial charge < -0.3 is 16.0 Å². The molecule has 3 N–H and O–H groups in total. The van der Waals surface area contributed by atoms with Gasteiger partial charge in [-0.3, -0.25) is 9.59 Å². The summed E-state index contributed by atoms with van der Waals surface area (Å²) in [7, 11) is -3.15. The van der Waals surface area contributed by atoms with E-state index in [1.165, 1.54) is 0 Å². The summed E-state index contributed by atoms with van der Waals surface area (Å²) in [6.07, 6.45) is 4.25. The third kappa shape index (κ3) is 6.43. The Morgan fingerprint density at radius 2 is 1.81 bits per heavy atom. The van der Waals surface area contributed by atoms with E-state index in [0.29, 0.717) is 0 Å². The number of sulfone groups is 1. The van der Waals surface area contributed by atoms with Crippen LogP contribution in [0.2, 0.25) is 0 Å². The van der Waals surface area contributed by atoms with E-state index >= 15 is 0 Å². The third-order valence-electron chi connectivity index (χ3n) is 3.53. The first-order chi connectivity index (χ1) is 9.70. The second-order valence-electron chi connectivity index (χ2n) is 5.64. The van der Waals surface area contributed by atoms with Gasteiger partial charge in [0.05, 0.1) is 11.8 Å². The zero-order valence-corrected chi connectivity index (χ0v) is 13.5. The molecule has 2 atom stereocenters. The van der Waals surface area contributed by atoms with E-state index in [1.54, 1.807) is 11.8 Å². The van der Waals surface area contributed by atoms with Gasteiger partial charge in [-0.2, -0.15) is 0 Å². The summed E-state index contributed by atoms with van der Waals surface area (Å²) in [5.41, 5.74) is 5.65. The Morgan fingerprint density at radius 3 is 2.33 bits per heavy atom. The maximum Gasteiger partial charge on any atom is 0.244 e. The van der Waals surface area contributed by atoms with Crippen molar-refractivity contribution in [3.63, 3.8) is 0 Å². The highest BCUT2D eigenvalue weighted by molar-refractivity contribution is 7.90. The lowest BCUT2D eigenvalue weighted by Gasteiger charge is -2.29. The highest BCUT2D eigenvalue weighted by Gasteiger charge is 2.25. The number of nitrogens with zero attached hydrogens (tertiary/aromatic N) is 1. The molecule has 0 aliphatic carbocycles. The standard InChI is InChI=1S/C13H25N3O4S/c1-10(13(18)16-7-4-3-5-8-16)15-12(17)11(14)6-9-21(2,19)20/h10-11H,3-9,14H2,1-2H3,(H,15,17). The smallest absolute Gasteiger partial charge is 0.244 e. The summed E-state index contributed by atoms with van der Waals surface area (Å²) in [5, 5.41) is 2.56. The Bertz CT molecular complexity index is 472. The van der Waals surface area contributed by atoms with Crippen molar-refractivity contribution in [2.45, 2.75) is 44.7 Å². The van der Waals surface area contributed by atoms with Crippen LogP contribution in [0.5, 0.6) is 0 Å². The van der Waals surface area contributed by atoms with Crippen molar-refractivity contribution in [1.29, 1.82) is 0 Å². The average Bonchev–Trinajstić information content (AvgIpc) is 2.43. The van der Waals surface area contributed by atoms with E-state index in [2.05, 4.69) is 5.32 Å². The van der Waals surface area contributed by atoms with Gasteiger partial charge in [0.25, 0.3) is 0 Å². The van der Waals surface area contributed by atoms with Crippen molar-refractivity contribution in [2.24, 2.45) is 5.73 Å². The molecule has 0 bridgehead atoms. The Balaban J connectivity index is 2.43. The zero-order chi connectivity index (χ0) is 16.0. The topological polar surface area (TPSA) is 110 Å². The lowest BCUT2D eigenvalue weighted by molar-refractivity contribution is -0.137. The van der Waals surface area contributed by atoms with Crippen molar-refractivity contribution in [3.05, 3.63) is 0 Å². The van der Waals surface area contributed by atoms with E-state index in [-0.39, 0.29) is 18.1 Å². The van der Waals surface area contributed by atoms with Crippen LogP contribution in [-0.4, -0.2) is 62.3 Å². The van der Waals surface area contributed by atoms with Gasteiger partial charge in [0.1, 0.15) is 15.9 Å². The Hall–Kier alpha value is -1.15. The molecular formula is C13H25N3O4S. The highest BCUT2D eigenvalue weighted by atomic mass is 32.2. The minimum absolute atomic E-state index is 0.0509. The van der Waals surface area contributed by atoms with Crippen LogP contribution in [0.3, 0.4) is 0 Å². The quantitative estimate of drug-likeness (QED) is 0.670. The van der Waals surface area contributed by atoms with Gasteiger partial charge in [-0.1, -0.05) is 0 Å². The molecule has 1 aliphatic rings. The fraction of sp³-hybridized carbons (Fsp3) is 0.846. The molecule has 21 heavy (non-hydrogen) atoms. The summed E-state index contributed by atoms with van der Waals surface area (Å²) in [6, 6.07) is -1.56. The largest absolute Gasteiger partial charge is 0.343 e. The molecule has 0 saturated carbocycles. The summed E-state index contributed by atoms with van der Waals surface area (Å²) in [6.45, 7) is 3.07. The van der Waals surface area contributed by atoms with Gasteiger partial charge in [-0.25, -0.2) is 8.42 Å². The van der Waals surface area contributed by atoms with Crippen LogP contribution in [0.1, 0.15) is 32.6 Å². The third-order valence-corrected chi connectivity index (χ3v) is 4.51. The maximum absolute atomic E-state index is 12.1. The van der Waals surface area contributed by atoms with Crippen LogP contribution in [-0.2, 0) is 19.4 Å². The number of carbonyl (C=O) groups is 2. The molecule has 0 radical (unpaired) electrons. The van der Waals surface area contributed by atoms with Gasteiger partial charge in [-0.05, 0) is 32.6 Å². The van der Waals surface area contributed by atoms with Gasteiger partial charge in [0.15, 0.2) is 0 Å². The zero-order valence-electron chi connectivity index (χ0n) is 12.7. The molecule has 2 amide bonds. The summed E-state index contributed by atoms with van der Waals surface area (Å²) >= 11 is 0. The monoisotopic (exact) mass is 319 g/mol. The fourth-order valence-electron chi connectivity index (χ4n) is 2.24. The van der Waals surface area contributed by atoms with E-state index in [0.717, 1.165) is 38.6 Å². The average molecular weight is 319 g/mol. The molecule has 1 rings (SSSR count). The number of likely N-dealkylation sites (tertiary alicyclic amines) is 1. The summed E-state index contributed by atoms with van der Waals surface area (Å²) in [4.78, 5) is 25.8. The first-order valence-corrected chi connectivity index (χ1v) is 9.29. The van der Waals surface area contributed by atoms with Crippen molar-refractivity contribution < 1.29 is 18.0 Å². The highest BCUT2D eigenvalue weighted by Crippen LogP contribution is 2.10. The Labute approximate surface area is 126 Å². The number of carbonyl (C=O) groups excluding carboxylic acids is 2. The first-order valence-electron chi connectivity index (χ1n) is 7.23. The molecule has 1 saturated heterocycles. The SMILES string of the molecule is CC(NC(=O)C(N)CCS(C)(=O)=O)C(=O)N1CCCCC1. The number of nitrogens with two attached hydrogens (primary N) is 1. The maximum atomic E-state index is 12.1. The number of nitrogens with one attached hydrogen (secondary N) is 1. The molecule has 1 heterocycles. The number of piperidine rings is 1. The Morgan fingerprint density at radius 1 is 1.24 bits per heavy atom. The molecule has 122 valence electrons. The normalized spacial score (nSPS) is 18.9. The van der Waals surface area contributed by atoms with Crippen LogP contribution in [0, 0.1) is 0 Å². The lowest BCUT2D eigenvalue weighted by Crippen LogP contribution is -2.52. The van der Waals surface area contributed by atoms with E-state index in [1.807, 2.05) is 0 Å². The molecule has 0 spiro atoms. The fourth-order valence-corrected chi connectivity index (χ4v) is 2.92. The second-order valence-corrected chi connectivity index (χ2v) is 7.90. The van der Waals surface area contributed by atoms with Gasteiger partial charge >= 0.3 is 0 Å². The van der Waals surface area contributed by atoms with Crippen LogP contribution in [0.4, 0.5) is 0 Å². The number of hydrogen-bond donors (Lipinski definition) is 2. The lowest BCUT2D eigenvalue weighted by atomic mass is 10.1. The molecule has 2 unspecified atom stereocenters. The van der Waals surface area contributed by atoms with Crippen molar-refractivity contribution in [1.82, 2.24) is 10.2 Å². The molecule has 0 aromatic heterocycles. The van der Waals surface area contributed by atoms with Crippen molar-refractivity contribution >= 4 is 21.7 Å². The van der Waals surface area contributed by atoms with Gasteiger partial charge in [-0.15, -0.1) is 0 Å². The number of amides is 2. The van der Waals surface area contributed by atoms with Crippen molar-refractivity contribution in [2.75, 3.05) is 25.1 Å². The van der Waals surface area contributed by atoms with Crippen LogP contribution in [0.15, 0.2) is 0 Å². The van der Waals surface area contributed by atoms with E-state index in [9.17, 15) is 18.0 Å². The molecule has 1 aliphatic heterocycles. The molecule has 0 aromatic carbocycles. The summed E-state index contributed by atoms with van der Waals surface area (Å²) in [5.74, 6) is -0.745. The van der Waals surface area contributed by atoms with Crippen LogP contribution >= 0.6 is 0 Å². The predicted octanol–water partition coefficient (Wildman–Crippen LogP) is -0.734. The predicted molar refractivity (Wildman–Crippen MR) is 80.3 cm³/mol. The summed E-state index contributed by atoms with van der Waals surface area (Å²) < 4.78 is 22.1. The van der Waals surface area contributed by atoms with Gasteiger partial charge in [0, 0.05) is 19.3 Å². The first kappa shape index (κ1) is 17.9. The molecular weight excluding hydrogens is 294 g/mol. The minimum Gasteiger partial charge on any atom is -0.343 e.